The minimum absolute atomic E-state index is 0.0773. The second-order valence-electron chi connectivity index (χ2n) is 8.55. The molecule has 150 valence electrons. The molecule has 0 aromatic heterocycles. The number of allylic oxidation sites excluding steroid dienone is 4. The summed E-state index contributed by atoms with van der Waals surface area (Å²) in [4.78, 5) is 24.5. The Morgan fingerprint density at radius 3 is 1.29 bits per heavy atom. The Balaban J connectivity index is 1.58. The van der Waals surface area contributed by atoms with Crippen LogP contribution in [0.15, 0.2) is 23.3 Å². The average molecular weight is 386 g/mol. The first-order chi connectivity index (χ1) is 13.3. The first-order valence-corrected chi connectivity index (χ1v) is 10.0. The molecule has 0 heterocycles. The molecule has 0 saturated heterocycles. The Hall–Kier alpha value is -1.78. The van der Waals surface area contributed by atoms with Crippen molar-refractivity contribution in [1.29, 1.82) is 0 Å². The molecule has 2 saturated carbocycles. The summed E-state index contributed by atoms with van der Waals surface area (Å²) < 4.78 is 0. The Bertz CT molecular complexity index is 736. The summed E-state index contributed by atoms with van der Waals surface area (Å²) in [6, 6.07) is 0. The van der Waals surface area contributed by atoms with Crippen LogP contribution in [0.1, 0.15) is 38.5 Å². The van der Waals surface area contributed by atoms with Crippen LogP contribution in [0.4, 0.5) is 0 Å². The maximum Gasteiger partial charge on any atom is 0.140 e. The van der Waals surface area contributed by atoms with E-state index in [9.17, 15) is 30.0 Å². The van der Waals surface area contributed by atoms with Gasteiger partial charge in [-0.1, -0.05) is 24.0 Å². The number of aliphatic hydroxyl groups is 4. The number of aliphatic hydroxyl groups excluding tert-OH is 4. The maximum absolute atomic E-state index is 12.2. The third-order valence-electron chi connectivity index (χ3n) is 6.86. The lowest BCUT2D eigenvalue weighted by atomic mass is 9.67. The highest BCUT2D eigenvalue weighted by molar-refractivity contribution is 5.86. The first-order valence-electron chi connectivity index (χ1n) is 10.0. The molecule has 6 nitrogen and oxygen atoms in total. The second-order valence-corrected chi connectivity index (χ2v) is 8.55. The van der Waals surface area contributed by atoms with Crippen molar-refractivity contribution < 1.29 is 30.0 Å². The van der Waals surface area contributed by atoms with Crippen LogP contribution in [0.2, 0.25) is 0 Å². The zero-order valence-electron chi connectivity index (χ0n) is 15.6. The SMILES string of the molecule is O=C1CC=C(C#CC2=CCC(=O)[C@@H]3C[C@@H](O)[C@@H](O)C[C@@H]23)[C@@H]2C[C@@H](O)[C@@H](O)C[C@@H]12. The van der Waals surface area contributed by atoms with Crippen LogP contribution in [0.3, 0.4) is 0 Å². The Kier molecular flexibility index (Phi) is 5.28. The molecule has 0 spiro atoms. The first kappa shape index (κ1) is 19.5. The molecular weight excluding hydrogens is 360 g/mol. The average Bonchev–Trinajstić information content (AvgIpc) is 2.66. The van der Waals surface area contributed by atoms with Gasteiger partial charge in [0.05, 0.1) is 24.4 Å². The van der Waals surface area contributed by atoms with Crippen molar-refractivity contribution >= 4 is 11.6 Å². The van der Waals surface area contributed by atoms with Gasteiger partial charge in [-0.25, -0.2) is 0 Å². The summed E-state index contributed by atoms with van der Waals surface area (Å²) in [7, 11) is 0. The van der Waals surface area contributed by atoms with Crippen LogP contribution in [0.5, 0.6) is 0 Å². The summed E-state index contributed by atoms with van der Waals surface area (Å²) in [5.74, 6) is 5.48. The fourth-order valence-electron chi connectivity index (χ4n) is 5.18. The minimum Gasteiger partial charge on any atom is -0.390 e. The lowest BCUT2D eigenvalue weighted by Crippen LogP contribution is -2.44. The predicted octanol–water partition coefficient (Wildman–Crippen LogP) is 0.284. The van der Waals surface area contributed by atoms with E-state index < -0.39 is 24.4 Å². The highest BCUT2D eigenvalue weighted by atomic mass is 16.3. The molecule has 0 aromatic rings. The summed E-state index contributed by atoms with van der Waals surface area (Å²) >= 11 is 0. The second kappa shape index (κ2) is 7.57. The molecular formula is C22H26O6. The molecule has 0 bridgehead atoms. The lowest BCUT2D eigenvalue weighted by Gasteiger charge is -2.39. The van der Waals surface area contributed by atoms with Crippen LogP contribution in [0, 0.1) is 35.5 Å². The highest BCUT2D eigenvalue weighted by Gasteiger charge is 2.43. The van der Waals surface area contributed by atoms with Gasteiger partial charge in [0.1, 0.15) is 11.6 Å². The van der Waals surface area contributed by atoms with E-state index in [1.807, 2.05) is 12.2 Å². The van der Waals surface area contributed by atoms with E-state index in [0.29, 0.717) is 12.8 Å². The third-order valence-corrected chi connectivity index (χ3v) is 6.86. The molecule has 4 aliphatic carbocycles. The predicted molar refractivity (Wildman–Crippen MR) is 99.6 cm³/mol. The van der Waals surface area contributed by atoms with Crippen molar-refractivity contribution in [3.63, 3.8) is 0 Å². The molecule has 0 unspecified atom stereocenters. The number of rotatable bonds is 0. The van der Waals surface area contributed by atoms with Crippen molar-refractivity contribution in [2.75, 3.05) is 0 Å². The van der Waals surface area contributed by atoms with E-state index in [0.717, 1.165) is 11.1 Å². The van der Waals surface area contributed by atoms with E-state index in [4.69, 9.17) is 0 Å². The van der Waals surface area contributed by atoms with E-state index in [2.05, 4.69) is 11.8 Å². The molecule has 0 aromatic carbocycles. The molecule has 0 amide bonds. The van der Waals surface area contributed by atoms with Crippen LogP contribution in [-0.2, 0) is 9.59 Å². The van der Waals surface area contributed by atoms with Crippen LogP contribution >= 0.6 is 0 Å². The van der Waals surface area contributed by atoms with Gasteiger partial charge in [0.25, 0.3) is 0 Å². The molecule has 2 fully saturated rings. The van der Waals surface area contributed by atoms with Crippen LogP contribution in [0.25, 0.3) is 0 Å². The summed E-state index contributed by atoms with van der Waals surface area (Å²) in [6.45, 7) is 0. The van der Waals surface area contributed by atoms with Gasteiger partial charge in [-0.15, -0.1) is 0 Å². The van der Waals surface area contributed by atoms with Crippen molar-refractivity contribution in [3.05, 3.63) is 23.3 Å². The minimum atomic E-state index is -0.875. The quantitative estimate of drug-likeness (QED) is 0.445. The van der Waals surface area contributed by atoms with Gasteiger partial charge in [0.2, 0.25) is 0 Å². The fourth-order valence-corrected chi connectivity index (χ4v) is 5.18. The van der Waals surface area contributed by atoms with Crippen molar-refractivity contribution in [1.82, 2.24) is 0 Å². The Labute approximate surface area is 163 Å². The number of Topliss-reactive ketones (excluding diaryl/α,β-unsaturated/α-hetero) is 2. The molecule has 0 radical (unpaired) electrons. The summed E-state index contributed by atoms with van der Waals surface area (Å²) in [6.07, 6.45) is 1.86. The number of hydrogen-bond donors (Lipinski definition) is 4. The van der Waals surface area contributed by atoms with Crippen LogP contribution < -0.4 is 0 Å². The molecule has 8 atom stereocenters. The molecule has 4 N–H and O–H groups in total. The molecule has 4 aliphatic rings. The van der Waals surface area contributed by atoms with Gasteiger partial charge in [0, 0.05) is 47.7 Å². The maximum atomic E-state index is 12.2. The summed E-state index contributed by atoms with van der Waals surface area (Å²) in [5, 5.41) is 39.9. The van der Waals surface area contributed by atoms with Crippen molar-refractivity contribution in [2.24, 2.45) is 23.7 Å². The number of fused-ring (bicyclic) bond motifs is 2. The van der Waals surface area contributed by atoms with Gasteiger partial charge in [-0.2, -0.15) is 0 Å². The van der Waals surface area contributed by atoms with Gasteiger partial charge < -0.3 is 20.4 Å². The zero-order valence-corrected chi connectivity index (χ0v) is 15.6. The zero-order chi connectivity index (χ0) is 20.0. The number of ketones is 2. The molecule has 28 heavy (non-hydrogen) atoms. The van der Waals surface area contributed by atoms with Gasteiger partial charge in [0.15, 0.2) is 0 Å². The highest BCUT2D eigenvalue weighted by Crippen LogP contribution is 2.41. The topological polar surface area (TPSA) is 115 Å². The summed E-state index contributed by atoms with van der Waals surface area (Å²) in [5.41, 5.74) is 1.61. The van der Waals surface area contributed by atoms with E-state index in [1.54, 1.807) is 0 Å². The molecule has 0 aliphatic heterocycles. The molecule has 4 rings (SSSR count). The van der Waals surface area contributed by atoms with E-state index >= 15 is 0 Å². The smallest absolute Gasteiger partial charge is 0.140 e. The van der Waals surface area contributed by atoms with Crippen LogP contribution in [-0.4, -0.2) is 56.4 Å². The number of carbonyl (C=O) groups is 2. The van der Waals surface area contributed by atoms with Gasteiger partial charge in [-0.05, 0) is 25.7 Å². The Morgan fingerprint density at radius 1 is 0.607 bits per heavy atom. The van der Waals surface area contributed by atoms with E-state index in [1.165, 1.54) is 0 Å². The van der Waals surface area contributed by atoms with Crippen molar-refractivity contribution in [3.8, 4) is 11.8 Å². The van der Waals surface area contributed by atoms with Gasteiger partial charge >= 0.3 is 0 Å². The number of carbonyl (C=O) groups excluding carboxylic acids is 2. The largest absolute Gasteiger partial charge is 0.390 e. The normalized spacial score (nSPS) is 43.1. The van der Waals surface area contributed by atoms with Gasteiger partial charge in [-0.3, -0.25) is 9.59 Å². The fraction of sp³-hybridized carbons (Fsp3) is 0.636. The standard InChI is InChI=1S/C22H26O6/c23-17-5-3-11(13-7-19(25)21(27)9-15(13)17)1-2-12-4-6-18(24)16-10-22(28)20(26)8-14(12)16/h3-4,13-16,19-22,25-28H,5-10H2/t13-,14-,15+,16+,19-,20+,21+,22-/m0/s1. The third kappa shape index (κ3) is 3.48. The lowest BCUT2D eigenvalue weighted by molar-refractivity contribution is -0.130. The monoisotopic (exact) mass is 386 g/mol. The number of hydrogen-bond acceptors (Lipinski definition) is 6. The molecule has 6 heteroatoms. The Morgan fingerprint density at radius 2 is 0.929 bits per heavy atom. The van der Waals surface area contributed by atoms with Crippen molar-refractivity contribution in [2.45, 2.75) is 62.9 Å². The van der Waals surface area contributed by atoms with E-state index in [-0.39, 0.29) is 60.9 Å².